The number of sulfonamides is 1. The quantitative estimate of drug-likeness (QED) is 0.763. The standard InChI is InChI=1S/C11H16ClNO2S/c1-10(11-6-4-3-5-7-11)13(2)16(14,15)9-8-12/h3-7,10H,8-9H2,1-2H3. The van der Waals surface area contributed by atoms with Crippen molar-refractivity contribution >= 4 is 21.6 Å². The van der Waals surface area contributed by atoms with Gasteiger partial charge in [0.15, 0.2) is 0 Å². The van der Waals surface area contributed by atoms with Gasteiger partial charge in [0.2, 0.25) is 10.0 Å². The van der Waals surface area contributed by atoms with Crippen LogP contribution in [0.1, 0.15) is 18.5 Å². The predicted octanol–water partition coefficient (Wildman–Crippen LogP) is 2.25. The average molecular weight is 262 g/mol. The van der Waals surface area contributed by atoms with Crippen molar-refractivity contribution < 1.29 is 8.42 Å². The van der Waals surface area contributed by atoms with E-state index in [4.69, 9.17) is 11.6 Å². The molecule has 1 aromatic carbocycles. The molecule has 0 heterocycles. The highest BCUT2D eigenvalue weighted by Gasteiger charge is 2.23. The maximum Gasteiger partial charge on any atom is 0.215 e. The van der Waals surface area contributed by atoms with Crippen LogP contribution in [0.5, 0.6) is 0 Å². The molecule has 1 rings (SSSR count). The third kappa shape index (κ3) is 3.20. The molecule has 0 bridgehead atoms. The summed E-state index contributed by atoms with van der Waals surface area (Å²) in [6.07, 6.45) is 0. The number of benzene rings is 1. The van der Waals surface area contributed by atoms with Crippen LogP contribution in [0, 0.1) is 0 Å². The normalized spacial score (nSPS) is 14.0. The predicted molar refractivity (Wildman–Crippen MR) is 67.1 cm³/mol. The summed E-state index contributed by atoms with van der Waals surface area (Å²) in [5.74, 6) is 0.0937. The monoisotopic (exact) mass is 261 g/mol. The Bertz CT molecular complexity index is 419. The fourth-order valence-corrected chi connectivity index (χ4v) is 3.10. The number of hydrogen-bond acceptors (Lipinski definition) is 2. The minimum absolute atomic E-state index is 0.0256. The Labute approximate surface area is 102 Å². The van der Waals surface area contributed by atoms with Gasteiger partial charge in [-0.15, -0.1) is 11.6 Å². The Kier molecular flexibility index (Phi) is 4.77. The number of hydrogen-bond donors (Lipinski definition) is 0. The van der Waals surface area contributed by atoms with Crippen molar-refractivity contribution in [2.24, 2.45) is 0 Å². The molecule has 0 saturated heterocycles. The first-order valence-corrected chi connectivity index (χ1v) is 7.20. The molecule has 1 atom stereocenters. The molecular formula is C11H16ClNO2S. The van der Waals surface area contributed by atoms with Gasteiger partial charge in [0.25, 0.3) is 0 Å². The van der Waals surface area contributed by atoms with Gasteiger partial charge in [-0.1, -0.05) is 30.3 Å². The molecule has 3 nitrogen and oxygen atoms in total. The molecule has 0 fully saturated rings. The second kappa shape index (κ2) is 5.66. The Morgan fingerprint density at radius 2 is 1.88 bits per heavy atom. The van der Waals surface area contributed by atoms with Crippen molar-refractivity contribution in [3.05, 3.63) is 35.9 Å². The Hall–Kier alpha value is -0.580. The van der Waals surface area contributed by atoms with Gasteiger partial charge >= 0.3 is 0 Å². The average Bonchev–Trinajstić information content (AvgIpc) is 2.28. The summed E-state index contributed by atoms with van der Waals surface area (Å²) in [5.41, 5.74) is 0.975. The lowest BCUT2D eigenvalue weighted by molar-refractivity contribution is 0.399. The van der Waals surface area contributed by atoms with E-state index in [1.165, 1.54) is 4.31 Å². The lowest BCUT2D eigenvalue weighted by atomic mass is 10.1. The van der Waals surface area contributed by atoms with Crippen LogP contribution >= 0.6 is 11.6 Å². The molecule has 0 saturated carbocycles. The van der Waals surface area contributed by atoms with Crippen LogP contribution in [0.2, 0.25) is 0 Å². The summed E-state index contributed by atoms with van der Waals surface area (Å²) in [6, 6.07) is 9.36. The highest BCUT2D eigenvalue weighted by Crippen LogP contribution is 2.21. The van der Waals surface area contributed by atoms with E-state index >= 15 is 0 Å². The van der Waals surface area contributed by atoms with Crippen LogP contribution in [0.3, 0.4) is 0 Å². The van der Waals surface area contributed by atoms with Gasteiger partial charge in [0.05, 0.1) is 5.75 Å². The van der Waals surface area contributed by atoms with Gasteiger partial charge in [-0.05, 0) is 12.5 Å². The summed E-state index contributed by atoms with van der Waals surface area (Å²) in [4.78, 5) is 0. The number of rotatable bonds is 5. The van der Waals surface area contributed by atoms with Crippen molar-refractivity contribution in [1.29, 1.82) is 0 Å². The van der Waals surface area contributed by atoms with E-state index < -0.39 is 10.0 Å². The van der Waals surface area contributed by atoms with E-state index in [1.54, 1.807) is 7.05 Å². The third-order valence-corrected chi connectivity index (χ3v) is 4.93. The zero-order chi connectivity index (χ0) is 12.2. The molecule has 0 spiro atoms. The van der Waals surface area contributed by atoms with Crippen LogP contribution in [0.4, 0.5) is 0 Å². The molecule has 0 aliphatic heterocycles. The SMILES string of the molecule is CC(c1ccccc1)N(C)S(=O)(=O)CCCl. The Morgan fingerprint density at radius 3 is 2.38 bits per heavy atom. The fourth-order valence-electron chi connectivity index (χ4n) is 1.42. The van der Waals surface area contributed by atoms with E-state index in [-0.39, 0.29) is 17.7 Å². The summed E-state index contributed by atoms with van der Waals surface area (Å²) in [6.45, 7) is 1.86. The highest BCUT2D eigenvalue weighted by molar-refractivity contribution is 7.89. The zero-order valence-electron chi connectivity index (χ0n) is 9.43. The van der Waals surface area contributed by atoms with Crippen molar-refractivity contribution in [1.82, 2.24) is 4.31 Å². The first-order valence-electron chi connectivity index (χ1n) is 5.05. The fraction of sp³-hybridized carbons (Fsp3) is 0.455. The smallest absolute Gasteiger partial charge is 0.212 e. The molecule has 0 radical (unpaired) electrons. The molecule has 1 unspecified atom stereocenters. The van der Waals surface area contributed by atoms with Crippen LogP contribution in [-0.4, -0.2) is 31.4 Å². The number of alkyl halides is 1. The van der Waals surface area contributed by atoms with Crippen molar-refractivity contribution in [3.8, 4) is 0 Å². The molecule has 1 aromatic rings. The van der Waals surface area contributed by atoms with Gasteiger partial charge in [-0.2, -0.15) is 4.31 Å². The van der Waals surface area contributed by atoms with Crippen LogP contribution in [0.15, 0.2) is 30.3 Å². The van der Waals surface area contributed by atoms with Gasteiger partial charge in [-0.3, -0.25) is 0 Å². The largest absolute Gasteiger partial charge is 0.215 e. The van der Waals surface area contributed by atoms with Crippen LogP contribution < -0.4 is 0 Å². The van der Waals surface area contributed by atoms with Gasteiger partial charge in [-0.25, -0.2) is 8.42 Å². The second-order valence-electron chi connectivity index (χ2n) is 3.61. The molecule has 0 aliphatic rings. The third-order valence-electron chi connectivity index (χ3n) is 2.60. The molecule has 0 aliphatic carbocycles. The first kappa shape index (κ1) is 13.5. The topological polar surface area (TPSA) is 37.4 Å². The Morgan fingerprint density at radius 1 is 1.31 bits per heavy atom. The molecule has 90 valence electrons. The van der Waals surface area contributed by atoms with Gasteiger partial charge in [0, 0.05) is 19.0 Å². The van der Waals surface area contributed by atoms with E-state index in [1.807, 2.05) is 37.3 Å². The van der Waals surface area contributed by atoms with Crippen molar-refractivity contribution in [2.45, 2.75) is 13.0 Å². The van der Waals surface area contributed by atoms with Crippen LogP contribution in [-0.2, 0) is 10.0 Å². The number of halogens is 1. The summed E-state index contributed by atoms with van der Waals surface area (Å²) >= 11 is 5.47. The molecular weight excluding hydrogens is 246 g/mol. The Balaban J connectivity index is 2.87. The molecule has 0 N–H and O–H groups in total. The highest BCUT2D eigenvalue weighted by atomic mass is 35.5. The second-order valence-corrected chi connectivity index (χ2v) is 6.13. The summed E-state index contributed by atoms with van der Waals surface area (Å²) < 4.78 is 24.9. The van der Waals surface area contributed by atoms with E-state index in [9.17, 15) is 8.42 Å². The minimum Gasteiger partial charge on any atom is -0.212 e. The molecule has 5 heteroatoms. The maximum atomic E-state index is 11.8. The lowest BCUT2D eigenvalue weighted by Crippen LogP contribution is -2.32. The number of nitrogens with zero attached hydrogens (tertiary/aromatic N) is 1. The first-order chi connectivity index (χ1) is 7.49. The molecule has 16 heavy (non-hydrogen) atoms. The minimum atomic E-state index is -3.26. The lowest BCUT2D eigenvalue weighted by Gasteiger charge is -2.24. The van der Waals surface area contributed by atoms with Crippen molar-refractivity contribution in [3.63, 3.8) is 0 Å². The van der Waals surface area contributed by atoms with E-state index in [0.29, 0.717) is 0 Å². The molecule has 0 aromatic heterocycles. The summed E-state index contributed by atoms with van der Waals surface area (Å²) in [5, 5.41) is 0. The zero-order valence-corrected chi connectivity index (χ0v) is 11.0. The van der Waals surface area contributed by atoms with E-state index in [2.05, 4.69) is 0 Å². The maximum absolute atomic E-state index is 11.8. The van der Waals surface area contributed by atoms with Crippen molar-refractivity contribution in [2.75, 3.05) is 18.7 Å². The van der Waals surface area contributed by atoms with Gasteiger partial charge in [0.1, 0.15) is 0 Å². The van der Waals surface area contributed by atoms with Crippen LogP contribution in [0.25, 0.3) is 0 Å². The summed E-state index contributed by atoms with van der Waals surface area (Å²) in [7, 11) is -1.67. The van der Waals surface area contributed by atoms with E-state index in [0.717, 1.165) is 5.56 Å². The van der Waals surface area contributed by atoms with Gasteiger partial charge < -0.3 is 0 Å². The molecule has 0 amide bonds.